The maximum absolute atomic E-state index is 5.54. The van der Waals surface area contributed by atoms with E-state index < -0.39 is 0 Å². The predicted octanol–water partition coefficient (Wildman–Crippen LogP) is 1.37. The van der Waals surface area contributed by atoms with Gasteiger partial charge in [-0.15, -0.1) is 0 Å². The molecule has 1 aromatic heterocycles. The summed E-state index contributed by atoms with van der Waals surface area (Å²) in [5.41, 5.74) is 2.20. The van der Waals surface area contributed by atoms with Crippen molar-refractivity contribution in [3.05, 3.63) is 17.5 Å². The van der Waals surface area contributed by atoms with Crippen LogP contribution in [-0.4, -0.2) is 43.3 Å². The van der Waals surface area contributed by atoms with Crippen molar-refractivity contribution in [3.63, 3.8) is 0 Å². The molecule has 1 N–H and O–H groups in total. The highest BCUT2D eigenvalue weighted by Gasteiger charge is 2.27. The zero-order chi connectivity index (χ0) is 13.8. The van der Waals surface area contributed by atoms with Crippen LogP contribution in [0.1, 0.15) is 24.6 Å². The number of nitrogens with one attached hydrogen (secondary N) is 1. The van der Waals surface area contributed by atoms with E-state index in [-0.39, 0.29) is 6.10 Å². The second-order valence-corrected chi connectivity index (χ2v) is 5.30. The van der Waals surface area contributed by atoms with Crippen LogP contribution in [0.2, 0.25) is 0 Å². The lowest BCUT2D eigenvalue weighted by molar-refractivity contribution is 0.0494. The monoisotopic (exact) mass is 264 g/mol. The Labute approximate surface area is 115 Å². The fraction of sp³-hybridized carbons (Fsp3) is 0.714. The van der Waals surface area contributed by atoms with E-state index in [1.807, 2.05) is 20.2 Å². The van der Waals surface area contributed by atoms with Crippen molar-refractivity contribution in [3.8, 4) is 0 Å². The van der Waals surface area contributed by atoms with Crippen LogP contribution in [0.4, 0.5) is 5.95 Å². The summed E-state index contributed by atoms with van der Waals surface area (Å²) in [6, 6.07) is 0. The number of methoxy groups -OCH3 is 1. The minimum atomic E-state index is 0.273. The Morgan fingerprint density at radius 2 is 2.32 bits per heavy atom. The molecule has 1 fully saturated rings. The van der Waals surface area contributed by atoms with Crippen molar-refractivity contribution in [1.82, 2.24) is 15.3 Å². The van der Waals surface area contributed by atoms with Gasteiger partial charge in [-0.25, -0.2) is 9.97 Å². The van der Waals surface area contributed by atoms with Gasteiger partial charge in [-0.3, -0.25) is 0 Å². The van der Waals surface area contributed by atoms with Gasteiger partial charge in [0.15, 0.2) is 0 Å². The summed E-state index contributed by atoms with van der Waals surface area (Å²) in [5, 5.41) is 3.13. The number of ether oxygens (including phenoxy) is 1. The quantitative estimate of drug-likeness (QED) is 0.890. The SMILES string of the molecule is CNCc1cnc(N2CCC(C)C(OC)C2)nc1C. The third-order valence-corrected chi connectivity index (χ3v) is 3.91. The minimum absolute atomic E-state index is 0.273. The van der Waals surface area contributed by atoms with Crippen molar-refractivity contribution < 1.29 is 4.74 Å². The number of anilines is 1. The summed E-state index contributed by atoms with van der Waals surface area (Å²) in [6.07, 6.45) is 3.32. The Morgan fingerprint density at radius 3 is 2.95 bits per heavy atom. The lowest BCUT2D eigenvalue weighted by Crippen LogP contribution is -2.44. The van der Waals surface area contributed by atoms with Gasteiger partial charge in [0.1, 0.15) is 0 Å². The molecule has 1 aliphatic heterocycles. The molecule has 0 saturated carbocycles. The molecule has 1 aromatic rings. The maximum atomic E-state index is 5.54. The predicted molar refractivity (Wildman–Crippen MR) is 76.3 cm³/mol. The van der Waals surface area contributed by atoms with Gasteiger partial charge >= 0.3 is 0 Å². The summed E-state index contributed by atoms with van der Waals surface area (Å²) in [6.45, 7) is 6.98. The standard InChI is InChI=1S/C14H24N4O/c1-10-5-6-18(9-13(10)19-4)14-16-8-12(7-15-3)11(2)17-14/h8,10,13,15H,5-7,9H2,1-4H3. The van der Waals surface area contributed by atoms with E-state index in [9.17, 15) is 0 Å². The van der Waals surface area contributed by atoms with Gasteiger partial charge in [-0.05, 0) is 26.3 Å². The number of hydrogen-bond donors (Lipinski definition) is 1. The normalized spacial score (nSPS) is 23.7. The van der Waals surface area contributed by atoms with Crippen LogP contribution in [-0.2, 0) is 11.3 Å². The molecule has 0 amide bonds. The third kappa shape index (κ3) is 3.22. The van der Waals surface area contributed by atoms with Crippen LogP contribution in [0.5, 0.6) is 0 Å². The molecule has 106 valence electrons. The van der Waals surface area contributed by atoms with E-state index in [1.54, 1.807) is 7.11 Å². The van der Waals surface area contributed by atoms with E-state index in [2.05, 4.69) is 27.1 Å². The van der Waals surface area contributed by atoms with Gasteiger partial charge in [0.05, 0.1) is 6.10 Å². The molecule has 2 unspecified atom stereocenters. The fourth-order valence-electron chi connectivity index (χ4n) is 2.52. The summed E-state index contributed by atoms with van der Waals surface area (Å²) in [4.78, 5) is 11.3. The Bertz CT molecular complexity index is 424. The van der Waals surface area contributed by atoms with Crippen LogP contribution >= 0.6 is 0 Å². The first-order valence-corrected chi connectivity index (χ1v) is 6.90. The second-order valence-electron chi connectivity index (χ2n) is 5.30. The topological polar surface area (TPSA) is 50.3 Å². The number of aryl methyl sites for hydroxylation is 1. The third-order valence-electron chi connectivity index (χ3n) is 3.91. The van der Waals surface area contributed by atoms with Crippen LogP contribution in [0.3, 0.4) is 0 Å². The average Bonchev–Trinajstić information content (AvgIpc) is 2.42. The van der Waals surface area contributed by atoms with Crippen molar-refractivity contribution in [1.29, 1.82) is 0 Å². The van der Waals surface area contributed by atoms with Gasteiger partial charge < -0.3 is 15.0 Å². The van der Waals surface area contributed by atoms with Gasteiger partial charge in [-0.1, -0.05) is 6.92 Å². The molecule has 0 radical (unpaired) electrons. The fourth-order valence-corrected chi connectivity index (χ4v) is 2.52. The van der Waals surface area contributed by atoms with Crippen molar-refractivity contribution in [2.45, 2.75) is 32.9 Å². The summed E-state index contributed by atoms with van der Waals surface area (Å²) >= 11 is 0. The first-order chi connectivity index (χ1) is 9.15. The molecule has 5 nitrogen and oxygen atoms in total. The first kappa shape index (κ1) is 14.2. The summed E-state index contributed by atoms with van der Waals surface area (Å²) < 4.78 is 5.54. The molecule has 2 rings (SSSR count). The van der Waals surface area contributed by atoms with E-state index in [1.165, 1.54) is 0 Å². The smallest absolute Gasteiger partial charge is 0.225 e. The molecule has 0 aliphatic carbocycles. The van der Waals surface area contributed by atoms with E-state index in [0.717, 1.165) is 43.3 Å². The lowest BCUT2D eigenvalue weighted by atomic mass is 9.96. The molecule has 2 atom stereocenters. The summed E-state index contributed by atoms with van der Waals surface area (Å²) in [5.74, 6) is 1.43. The highest BCUT2D eigenvalue weighted by molar-refractivity contribution is 5.34. The zero-order valence-electron chi connectivity index (χ0n) is 12.3. The number of nitrogens with zero attached hydrogens (tertiary/aromatic N) is 3. The largest absolute Gasteiger partial charge is 0.379 e. The first-order valence-electron chi connectivity index (χ1n) is 6.90. The molecule has 0 bridgehead atoms. The average molecular weight is 264 g/mol. The van der Waals surface area contributed by atoms with Crippen molar-refractivity contribution >= 4 is 5.95 Å². The van der Waals surface area contributed by atoms with Crippen molar-refractivity contribution in [2.24, 2.45) is 5.92 Å². The van der Waals surface area contributed by atoms with E-state index in [4.69, 9.17) is 4.74 Å². The van der Waals surface area contributed by atoms with Gasteiger partial charge in [0.25, 0.3) is 0 Å². The van der Waals surface area contributed by atoms with Crippen LogP contribution < -0.4 is 10.2 Å². The molecule has 0 spiro atoms. The van der Waals surface area contributed by atoms with E-state index >= 15 is 0 Å². The minimum Gasteiger partial charge on any atom is -0.379 e. The van der Waals surface area contributed by atoms with Crippen LogP contribution in [0, 0.1) is 12.8 Å². The van der Waals surface area contributed by atoms with E-state index in [0.29, 0.717) is 5.92 Å². The number of piperidine rings is 1. The summed E-state index contributed by atoms with van der Waals surface area (Å²) in [7, 11) is 3.72. The highest BCUT2D eigenvalue weighted by Crippen LogP contribution is 2.22. The lowest BCUT2D eigenvalue weighted by Gasteiger charge is -2.36. The number of aromatic nitrogens is 2. The molecule has 1 saturated heterocycles. The van der Waals surface area contributed by atoms with Gasteiger partial charge in [0.2, 0.25) is 5.95 Å². The Hall–Kier alpha value is -1.20. The second kappa shape index (κ2) is 6.30. The molecule has 5 heteroatoms. The van der Waals surface area contributed by atoms with Crippen LogP contribution in [0.15, 0.2) is 6.20 Å². The molecule has 0 aromatic carbocycles. The molecular weight excluding hydrogens is 240 g/mol. The molecule has 2 heterocycles. The highest BCUT2D eigenvalue weighted by atomic mass is 16.5. The molecule has 19 heavy (non-hydrogen) atoms. The Balaban J connectivity index is 2.11. The zero-order valence-corrected chi connectivity index (χ0v) is 12.3. The maximum Gasteiger partial charge on any atom is 0.225 e. The molecular formula is C14H24N4O. The number of hydrogen-bond acceptors (Lipinski definition) is 5. The Morgan fingerprint density at radius 1 is 1.53 bits per heavy atom. The Kier molecular flexibility index (Phi) is 4.71. The van der Waals surface area contributed by atoms with Gasteiger partial charge in [0, 0.05) is 44.2 Å². The molecule has 1 aliphatic rings. The van der Waals surface area contributed by atoms with Gasteiger partial charge in [-0.2, -0.15) is 0 Å². The number of rotatable bonds is 4. The van der Waals surface area contributed by atoms with Crippen molar-refractivity contribution in [2.75, 3.05) is 32.1 Å². The van der Waals surface area contributed by atoms with Crippen LogP contribution in [0.25, 0.3) is 0 Å².